The van der Waals surface area contributed by atoms with E-state index in [1.165, 1.54) is 16.0 Å². The van der Waals surface area contributed by atoms with Crippen LogP contribution in [0.3, 0.4) is 0 Å². The summed E-state index contributed by atoms with van der Waals surface area (Å²) in [6.07, 6.45) is 1.08. The molecule has 9 heteroatoms. The van der Waals surface area contributed by atoms with Gasteiger partial charge >= 0.3 is 5.69 Å². The molecule has 0 saturated carbocycles. The molecule has 2 heterocycles. The van der Waals surface area contributed by atoms with E-state index in [1.54, 1.807) is 6.92 Å². The van der Waals surface area contributed by atoms with Gasteiger partial charge in [0.2, 0.25) is 5.69 Å². The number of benzene rings is 1. The Labute approximate surface area is 134 Å². The molecule has 0 aliphatic rings. The van der Waals surface area contributed by atoms with E-state index < -0.39 is 10.8 Å². The van der Waals surface area contributed by atoms with Gasteiger partial charge in [0.25, 0.3) is 5.91 Å². The van der Waals surface area contributed by atoms with Crippen molar-refractivity contribution in [3.05, 3.63) is 45.8 Å². The number of amides is 1. The predicted molar refractivity (Wildman–Crippen MR) is 86.9 cm³/mol. The predicted octanol–water partition coefficient (Wildman–Crippen LogP) is 2.98. The number of fused-ring (bicyclic) bond motifs is 1. The molecule has 2 aromatic heterocycles. The van der Waals surface area contributed by atoms with Crippen molar-refractivity contribution in [2.75, 3.05) is 5.32 Å². The summed E-state index contributed by atoms with van der Waals surface area (Å²) in [6, 6.07) is 5.76. The number of hydrogen-bond acceptors (Lipinski definition) is 6. The summed E-state index contributed by atoms with van der Waals surface area (Å²) in [7, 11) is 0. The second kappa shape index (κ2) is 5.76. The quantitative estimate of drug-likeness (QED) is 0.585. The van der Waals surface area contributed by atoms with Gasteiger partial charge in [0.05, 0.1) is 15.1 Å². The van der Waals surface area contributed by atoms with Gasteiger partial charge in [0, 0.05) is 6.54 Å². The monoisotopic (exact) mass is 331 g/mol. The highest BCUT2D eigenvalue weighted by molar-refractivity contribution is 7.22. The summed E-state index contributed by atoms with van der Waals surface area (Å²) >= 11 is 1.32. The van der Waals surface area contributed by atoms with Gasteiger partial charge < -0.3 is 0 Å². The molecular formula is C14H13N5O3S. The summed E-state index contributed by atoms with van der Waals surface area (Å²) in [4.78, 5) is 27.2. The van der Waals surface area contributed by atoms with Crippen LogP contribution < -0.4 is 5.32 Å². The maximum absolute atomic E-state index is 12.4. The molecule has 3 aromatic rings. The molecular weight excluding hydrogens is 318 g/mol. The smallest absolute Gasteiger partial charge is 0.296 e. The first-order chi connectivity index (χ1) is 11.0. The zero-order valence-corrected chi connectivity index (χ0v) is 13.3. The molecule has 0 aliphatic carbocycles. The Kier molecular flexibility index (Phi) is 3.78. The first-order valence-electron chi connectivity index (χ1n) is 6.89. The van der Waals surface area contributed by atoms with Crippen molar-refractivity contribution in [3.8, 4) is 0 Å². The lowest BCUT2D eigenvalue weighted by Crippen LogP contribution is -2.18. The highest BCUT2D eigenvalue weighted by Crippen LogP contribution is 2.29. The largest absolute Gasteiger partial charge is 0.320 e. The van der Waals surface area contributed by atoms with Crippen LogP contribution >= 0.6 is 11.3 Å². The fourth-order valence-corrected chi connectivity index (χ4v) is 3.22. The van der Waals surface area contributed by atoms with E-state index in [9.17, 15) is 14.9 Å². The number of carbonyl (C=O) groups excluding carboxylic acids is 1. The van der Waals surface area contributed by atoms with Gasteiger partial charge in [-0.2, -0.15) is 5.10 Å². The number of thiazole rings is 1. The van der Waals surface area contributed by atoms with Crippen LogP contribution in [0.2, 0.25) is 0 Å². The summed E-state index contributed by atoms with van der Waals surface area (Å²) in [5.41, 5.74) is 1.42. The van der Waals surface area contributed by atoms with E-state index in [4.69, 9.17) is 0 Å². The van der Waals surface area contributed by atoms with Crippen LogP contribution in [-0.4, -0.2) is 25.6 Å². The number of nitrogens with zero attached hydrogens (tertiary/aromatic N) is 4. The van der Waals surface area contributed by atoms with Crippen LogP contribution in [0.15, 0.2) is 24.4 Å². The highest BCUT2D eigenvalue weighted by atomic mass is 32.1. The molecule has 0 radical (unpaired) electrons. The Morgan fingerprint density at radius 2 is 2.26 bits per heavy atom. The highest BCUT2D eigenvalue weighted by Gasteiger charge is 2.27. The number of nitro groups is 1. The van der Waals surface area contributed by atoms with E-state index in [1.807, 2.05) is 25.1 Å². The van der Waals surface area contributed by atoms with Gasteiger partial charge in [-0.25, -0.2) is 4.98 Å². The van der Waals surface area contributed by atoms with Gasteiger partial charge in [-0.3, -0.25) is 24.9 Å². The number of para-hydroxylation sites is 1. The van der Waals surface area contributed by atoms with Crippen molar-refractivity contribution >= 4 is 38.3 Å². The number of aromatic nitrogens is 3. The molecule has 0 bridgehead atoms. The second-order valence-corrected chi connectivity index (χ2v) is 5.88. The molecule has 118 valence electrons. The molecule has 1 amide bonds. The molecule has 0 aliphatic heterocycles. The number of carbonyl (C=O) groups is 1. The first kappa shape index (κ1) is 15.1. The molecule has 0 atom stereocenters. The van der Waals surface area contributed by atoms with E-state index in [-0.39, 0.29) is 11.4 Å². The minimum absolute atomic E-state index is 0.0755. The van der Waals surface area contributed by atoms with Crippen molar-refractivity contribution in [2.45, 2.75) is 20.4 Å². The third-order valence-corrected chi connectivity index (χ3v) is 4.31. The molecule has 0 unspecified atom stereocenters. The molecule has 23 heavy (non-hydrogen) atoms. The van der Waals surface area contributed by atoms with Gasteiger partial charge in [-0.15, -0.1) is 0 Å². The van der Waals surface area contributed by atoms with E-state index >= 15 is 0 Å². The van der Waals surface area contributed by atoms with Crippen LogP contribution in [0.5, 0.6) is 0 Å². The van der Waals surface area contributed by atoms with Crippen LogP contribution in [-0.2, 0) is 6.54 Å². The standard InChI is InChI=1S/C14H13N5O3S/c1-3-18-12(9(7-15-18)19(21)22)13(20)17-14-16-11-8(2)5-4-6-10(11)23-14/h4-7H,3H2,1-2H3,(H,16,17,20). The Hall–Kier alpha value is -2.81. The third-order valence-electron chi connectivity index (χ3n) is 3.37. The Bertz CT molecular complexity index is 914. The number of anilines is 1. The summed E-state index contributed by atoms with van der Waals surface area (Å²) < 4.78 is 2.24. The molecule has 0 spiro atoms. The van der Waals surface area contributed by atoms with Gasteiger partial charge in [-0.05, 0) is 25.5 Å². The van der Waals surface area contributed by atoms with Crippen LogP contribution in [0.25, 0.3) is 10.2 Å². The lowest BCUT2D eigenvalue weighted by Gasteiger charge is -2.03. The van der Waals surface area contributed by atoms with E-state index in [2.05, 4.69) is 15.4 Å². The fraction of sp³-hybridized carbons (Fsp3) is 0.214. The van der Waals surface area contributed by atoms with Crippen LogP contribution in [0.4, 0.5) is 10.8 Å². The lowest BCUT2D eigenvalue weighted by molar-refractivity contribution is -0.385. The number of nitrogens with one attached hydrogen (secondary N) is 1. The van der Waals surface area contributed by atoms with Crippen molar-refractivity contribution < 1.29 is 9.72 Å². The Morgan fingerprint density at radius 1 is 1.48 bits per heavy atom. The van der Waals surface area contributed by atoms with E-state index in [0.717, 1.165) is 22.0 Å². The van der Waals surface area contributed by atoms with E-state index in [0.29, 0.717) is 11.7 Å². The molecule has 8 nitrogen and oxygen atoms in total. The average Bonchev–Trinajstić information content (AvgIpc) is 3.10. The third kappa shape index (κ3) is 2.66. The minimum atomic E-state index is -0.615. The van der Waals surface area contributed by atoms with Crippen LogP contribution in [0, 0.1) is 17.0 Å². The second-order valence-electron chi connectivity index (χ2n) is 4.85. The molecule has 0 saturated heterocycles. The van der Waals surface area contributed by atoms with Crippen molar-refractivity contribution in [2.24, 2.45) is 0 Å². The average molecular weight is 331 g/mol. The zero-order chi connectivity index (χ0) is 16.6. The summed E-state index contributed by atoms with van der Waals surface area (Å²) in [6.45, 7) is 4.05. The van der Waals surface area contributed by atoms with Crippen molar-refractivity contribution in [1.29, 1.82) is 0 Å². The fourth-order valence-electron chi connectivity index (χ4n) is 2.28. The van der Waals surface area contributed by atoms with Crippen molar-refractivity contribution in [1.82, 2.24) is 14.8 Å². The maximum atomic E-state index is 12.4. The first-order valence-corrected chi connectivity index (χ1v) is 7.70. The topological polar surface area (TPSA) is 103 Å². The van der Waals surface area contributed by atoms with Gasteiger partial charge in [-0.1, -0.05) is 23.5 Å². The Balaban J connectivity index is 1.96. The molecule has 0 fully saturated rings. The lowest BCUT2D eigenvalue weighted by atomic mass is 10.2. The zero-order valence-electron chi connectivity index (χ0n) is 12.4. The Morgan fingerprint density at radius 3 is 2.91 bits per heavy atom. The van der Waals surface area contributed by atoms with Gasteiger partial charge in [0.1, 0.15) is 6.20 Å². The minimum Gasteiger partial charge on any atom is -0.296 e. The number of hydrogen-bond donors (Lipinski definition) is 1. The maximum Gasteiger partial charge on any atom is 0.320 e. The normalized spacial score (nSPS) is 10.9. The summed E-state index contributed by atoms with van der Waals surface area (Å²) in [5.74, 6) is -0.590. The summed E-state index contributed by atoms with van der Waals surface area (Å²) in [5, 5.41) is 18.0. The molecule has 1 N–H and O–H groups in total. The van der Waals surface area contributed by atoms with Crippen molar-refractivity contribution in [3.63, 3.8) is 0 Å². The molecule has 1 aromatic carbocycles. The SMILES string of the molecule is CCn1ncc([N+](=O)[O-])c1C(=O)Nc1nc2c(C)cccc2s1. The number of aryl methyl sites for hydroxylation is 2. The molecule has 3 rings (SSSR count). The number of rotatable bonds is 4. The van der Waals surface area contributed by atoms with Crippen LogP contribution in [0.1, 0.15) is 23.0 Å². The van der Waals surface area contributed by atoms with Gasteiger partial charge in [0.15, 0.2) is 5.13 Å².